The first-order chi connectivity index (χ1) is 15.9. The van der Waals surface area contributed by atoms with Crippen molar-refractivity contribution < 1.29 is 0 Å². The summed E-state index contributed by atoms with van der Waals surface area (Å²) in [5.74, 6) is 0. The van der Waals surface area contributed by atoms with E-state index < -0.39 is 0 Å². The molecule has 0 unspecified atom stereocenters. The molecule has 0 bridgehead atoms. The molecule has 0 aliphatic carbocycles. The molecule has 32 heavy (non-hydrogen) atoms. The van der Waals surface area contributed by atoms with E-state index in [4.69, 9.17) is 0 Å². The highest BCUT2D eigenvalue weighted by Crippen LogP contribution is 2.37. The van der Waals surface area contributed by atoms with Crippen molar-refractivity contribution in [3.8, 4) is 22.3 Å². The van der Waals surface area contributed by atoms with Gasteiger partial charge in [0.1, 0.15) is 0 Å². The lowest BCUT2D eigenvalue weighted by Crippen LogP contribution is -1.94. The van der Waals surface area contributed by atoms with E-state index in [0.717, 1.165) is 0 Å². The zero-order valence-electron chi connectivity index (χ0n) is 17.9. The van der Waals surface area contributed by atoms with Crippen LogP contribution in [0.3, 0.4) is 0 Å². The second kappa shape index (κ2) is 9.32. The van der Waals surface area contributed by atoms with Crippen LogP contribution in [0.2, 0.25) is 0 Å². The lowest BCUT2D eigenvalue weighted by Gasteiger charge is -2.17. The Morgan fingerprint density at radius 3 is 1.59 bits per heavy atom. The first-order valence-corrected chi connectivity index (χ1v) is 11.0. The number of rotatable bonds is 5. The van der Waals surface area contributed by atoms with Crippen LogP contribution >= 0.6 is 0 Å². The summed E-state index contributed by atoms with van der Waals surface area (Å²) in [5, 5.41) is 0. The fourth-order valence-corrected chi connectivity index (χ4v) is 4.10. The summed E-state index contributed by atoms with van der Waals surface area (Å²) in [6, 6.07) is 49.3. The highest BCUT2D eigenvalue weighted by atomic mass is 14.2. The molecular formula is C32H24. The Bertz CT molecular complexity index is 1320. The summed E-state index contributed by atoms with van der Waals surface area (Å²) < 4.78 is 0. The number of hydrogen-bond acceptors (Lipinski definition) is 0. The van der Waals surface area contributed by atoms with Gasteiger partial charge < -0.3 is 0 Å². The minimum absolute atomic E-state index is 1.19. The second-order valence-electron chi connectivity index (χ2n) is 7.83. The molecule has 0 spiro atoms. The van der Waals surface area contributed by atoms with Crippen molar-refractivity contribution in [1.82, 2.24) is 0 Å². The third kappa shape index (κ3) is 4.31. The summed E-state index contributed by atoms with van der Waals surface area (Å²) in [6.45, 7) is 0. The Morgan fingerprint density at radius 2 is 0.969 bits per heavy atom. The Labute approximate surface area is 190 Å². The van der Waals surface area contributed by atoms with Gasteiger partial charge in [-0.25, -0.2) is 0 Å². The van der Waals surface area contributed by atoms with E-state index in [9.17, 15) is 0 Å². The first-order valence-electron chi connectivity index (χ1n) is 11.0. The summed E-state index contributed by atoms with van der Waals surface area (Å²) in [4.78, 5) is 0. The molecule has 0 saturated heterocycles. The normalized spacial score (nSPS) is 11.3. The van der Waals surface area contributed by atoms with Gasteiger partial charge in [-0.3, -0.25) is 0 Å². The highest BCUT2D eigenvalue weighted by molar-refractivity contribution is 5.97. The Morgan fingerprint density at radius 1 is 0.438 bits per heavy atom. The van der Waals surface area contributed by atoms with Gasteiger partial charge >= 0.3 is 0 Å². The summed E-state index contributed by atoms with van der Waals surface area (Å²) in [5.41, 5.74) is 9.74. The SMILES string of the molecule is C(=C(/c1ccccc1)c1cc(-c2ccccc2)ccc1-c1ccccc1)/c1ccccc1. The molecule has 152 valence electrons. The van der Waals surface area contributed by atoms with Crippen LogP contribution in [-0.4, -0.2) is 0 Å². The molecule has 5 rings (SSSR count). The molecule has 0 atom stereocenters. The monoisotopic (exact) mass is 408 g/mol. The maximum Gasteiger partial charge on any atom is -0.00930 e. The zero-order chi connectivity index (χ0) is 21.6. The van der Waals surface area contributed by atoms with Crippen LogP contribution in [0, 0.1) is 0 Å². The van der Waals surface area contributed by atoms with Crippen LogP contribution in [0.15, 0.2) is 140 Å². The molecule has 0 heteroatoms. The molecule has 0 radical (unpaired) electrons. The van der Waals surface area contributed by atoms with E-state index in [1.165, 1.54) is 44.5 Å². The van der Waals surface area contributed by atoms with E-state index in [1.807, 2.05) is 0 Å². The molecule has 5 aromatic rings. The second-order valence-corrected chi connectivity index (χ2v) is 7.83. The van der Waals surface area contributed by atoms with E-state index >= 15 is 0 Å². The fourth-order valence-electron chi connectivity index (χ4n) is 4.10. The summed E-state index contributed by atoms with van der Waals surface area (Å²) in [6.07, 6.45) is 2.30. The summed E-state index contributed by atoms with van der Waals surface area (Å²) in [7, 11) is 0. The standard InChI is InChI=1S/C32H24/c1-5-13-25(14-6-1)23-31(28-19-11-4-12-20-28)32-24-29(26-15-7-2-8-16-26)21-22-30(32)27-17-9-3-10-18-27/h1-24H/b31-23+. The molecule has 0 N–H and O–H groups in total. The van der Waals surface area contributed by atoms with E-state index in [-0.39, 0.29) is 0 Å². The van der Waals surface area contributed by atoms with Gasteiger partial charge in [-0.05, 0) is 56.7 Å². The van der Waals surface area contributed by atoms with Gasteiger partial charge in [-0.1, -0.05) is 133 Å². The maximum atomic E-state index is 2.33. The van der Waals surface area contributed by atoms with Gasteiger partial charge in [-0.2, -0.15) is 0 Å². The van der Waals surface area contributed by atoms with Crippen molar-refractivity contribution >= 4 is 11.6 Å². The van der Waals surface area contributed by atoms with Gasteiger partial charge in [0.25, 0.3) is 0 Å². The van der Waals surface area contributed by atoms with E-state index in [0.29, 0.717) is 0 Å². The fraction of sp³-hybridized carbons (Fsp3) is 0. The average Bonchev–Trinajstić information content (AvgIpc) is 2.89. The predicted molar refractivity (Wildman–Crippen MR) is 137 cm³/mol. The third-order valence-corrected chi connectivity index (χ3v) is 5.70. The lowest BCUT2D eigenvalue weighted by atomic mass is 9.87. The van der Waals surface area contributed by atoms with Crippen molar-refractivity contribution in [2.75, 3.05) is 0 Å². The molecule has 5 aromatic carbocycles. The van der Waals surface area contributed by atoms with E-state index in [2.05, 4.69) is 146 Å². The number of benzene rings is 5. The minimum Gasteiger partial charge on any atom is -0.0622 e. The van der Waals surface area contributed by atoms with Gasteiger partial charge in [-0.15, -0.1) is 0 Å². The molecule has 0 fully saturated rings. The molecular weight excluding hydrogens is 384 g/mol. The van der Waals surface area contributed by atoms with Crippen LogP contribution in [-0.2, 0) is 0 Å². The molecule has 0 saturated carbocycles. The molecule has 0 amide bonds. The third-order valence-electron chi connectivity index (χ3n) is 5.70. The van der Waals surface area contributed by atoms with Gasteiger partial charge in [0.15, 0.2) is 0 Å². The van der Waals surface area contributed by atoms with Gasteiger partial charge in [0, 0.05) is 0 Å². The van der Waals surface area contributed by atoms with Crippen molar-refractivity contribution in [3.63, 3.8) is 0 Å². The predicted octanol–water partition coefficient (Wildman–Crippen LogP) is 8.61. The highest BCUT2D eigenvalue weighted by Gasteiger charge is 2.14. The van der Waals surface area contributed by atoms with Crippen molar-refractivity contribution in [2.24, 2.45) is 0 Å². The van der Waals surface area contributed by atoms with Crippen molar-refractivity contribution in [2.45, 2.75) is 0 Å². The van der Waals surface area contributed by atoms with Crippen LogP contribution < -0.4 is 0 Å². The Kier molecular flexibility index (Phi) is 5.76. The largest absolute Gasteiger partial charge is 0.0622 e. The zero-order valence-corrected chi connectivity index (χ0v) is 17.9. The molecule has 0 aliphatic rings. The lowest BCUT2D eigenvalue weighted by molar-refractivity contribution is 1.52. The van der Waals surface area contributed by atoms with Crippen LogP contribution in [0.4, 0.5) is 0 Å². The topological polar surface area (TPSA) is 0 Å². The quantitative estimate of drug-likeness (QED) is 0.255. The Balaban J connectivity index is 1.78. The summed E-state index contributed by atoms with van der Waals surface area (Å²) >= 11 is 0. The molecule has 0 nitrogen and oxygen atoms in total. The van der Waals surface area contributed by atoms with Crippen molar-refractivity contribution in [1.29, 1.82) is 0 Å². The maximum absolute atomic E-state index is 2.33. The number of hydrogen-bond donors (Lipinski definition) is 0. The van der Waals surface area contributed by atoms with Gasteiger partial charge in [0.05, 0.1) is 0 Å². The van der Waals surface area contributed by atoms with Crippen LogP contribution in [0.5, 0.6) is 0 Å². The molecule has 0 aromatic heterocycles. The smallest absolute Gasteiger partial charge is 0.00930 e. The molecule has 0 aliphatic heterocycles. The molecule has 0 heterocycles. The van der Waals surface area contributed by atoms with E-state index in [1.54, 1.807) is 0 Å². The Hall–Kier alpha value is -4.16. The van der Waals surface area contributed by atoms with Crippen molar-refractivity contribution in [3.05, 3.63) is 156 Å². The van der Waals surface area contributed by atoms with Crippen LogP contribution in [0.1, 0.15) is 16.7 Å². The van der Waals surface area contributed by atoms with Crippen LogP contribution in [0.25, 0.3) is 33.9 Å². The van der Waals surface area contributed by atoms with Gasteiger partial charge in [0.2, 0.25) is 0 Å². The first kappa shape index (κ1) is 19.8. The average molecular weight is 409 g/mol. The minimum atomic E-state index is 1.19.